The van der Waals surface area contributed by atoms with Crippen molar-refractivity contribution in [2.75, 3.05) is 0 Å². The van der Waals surface area contributed by atoms with Crippen LogP contribution in [-0.2, 0) is 0 Å². The number of rotatable bonds is 4. The number of hydrogen-bond donors (Lipinski definition) is 0. The molecule has 11 aromatic rings. The molecule has 0 atom stereocenters. The van der Waals surface area contributed by atoms with E-state index in [4.69, 9.17) is 9.97 Å². The Labute approximate surface area is 292 Å². The standard InChI is InChI=1S/C46H29N5/c1-6-21-40(33(15-1)30-13-11-14-31(27-30)49-41-22-7-2-16-34(41)35-17-3-8-23-42(35)49)51-44-25-10-5-19-37(44)39-28-32(29-48-46(39)51)50-43-24-9-4-18-36(43)38-20-12-26-47-45(38)50/h1-29H. The van der Waals surface area contributed by atoms with Gasteiger partial charge in [0.2, 0.25) is 0 Å². The van der Waals surface area contributed by atoms with Crippen LogP contribution in [0.4, 0.5) is 0 Å². The Morgan fingerprint density at radius 3 is 1.63 bits per heavy atom. The van der Waals surface area contributed by atoms with Gasteiger partial charge >= 0.3 is 0 Å². The molecule has 0 fully saturated rings. The van der Waals surface area contributed by atoms with Crippen molar-refractivity contribution in [3.05, 3.63) is 176 Å². The average molecular weight is 652 g/mol. The zero-order valence-corrected chi connectivity index (χ0v) is 27.5. The molecule has 0 radical (unpaired) electrons. The highest BCUT2D eigenvalue weighted by Crippen LogP contribution is 2.39. The summed E-state index contributed by atoms with van der Waals surface area (Å²) < 4.78 is 6.93. The molecule has 0 bridgehead atoms. The summed E-state index contributed by atoms with van der Waals surface area (Å²) in [4.78, 5) is 10.1. The van der Waals surface area contributed by atoms with Gasteiger partial charge in [0.25, 0.3) is 0 Å². The fourth-order valence-electron chi connectivity index (χ4n) is 8.18. The quantitative estimate of drug-likeness (QED) is 0.190. The van der Waals surface area contributed by atoms with Crippen LogP contribution in [0.15, 0.2) is 176 Å². The lowest BCUT2D eigenvalue weighted by atomic mass is 10.0. The van der Waals surface area contributed by atoms with Crippen LogP contribution in [-0.4, -0.2) is 23.7 Å². The number of hydrogen-bond acceptors (Lipinski definition) is 2. The van der Waals surface area contributed by atoms with Crippen LogP contribution < -0.4 is 0 Å². The molecule has 5 heterocycles. The highest BCUT2D eigenvalue weighted by Gasteiger charge is 2.20. The fraction of sp³-hybridized carbons (Fsp3) is 0. The Morgan fingerprint density at radius 2 is 0.902 bits per heavy atom. The van der Waals surface area contributed by atoms with Crippen molar-refractivity contribution in [2.24, 2.45) is 0 Å². The highest BCUT2D eigenvalue weighted by molar-refractivity contribution is 6.11. The third-order valence-corrected chi connectivity index (χ3v) is 10.3. The van der Waals surface area contributed by atoms with E-state index in [1.807, 2.05) is 18.5 Å². The van der Waals surface area contributed by atoms with Crippen LogP contribution in [0, 0.1) is 0 Å². The molecule has 5 heteroatoms. The molecule has 0 N–H and O–H groups in total. The predicted octanol–water partition coefficient (Wildman–Crippen LogP) is 11.4. The van der Waals surface area contributed by atoms with Crippen molar-refractivity contribution in [3.63, 3.8) is 0 Å². The third-order valence-electron chi connectivity index (χ3n) is 10.3. The van der Waals surface area contributed by atoms with Crippen LogP contribution in [0.5, 0.6) is 0 Å². The van der Waals surface area contributed by atoms with E-state index >= 15 is 0 Å². The van der Waals surface area contributed by atoms with Crippen LogP contribution in [0.1, 0.15) is 0 Å². The Hall–Kier alpha value is -6.98. The van der Waals surface area contributed by atoms with Crippen molar-refractivity contribution in [2.45, 2.75) is 0 Å². The van der Waals surface area contributed by atoms with Crippen LogP contribution in [0.3, 0.4) is 0 Å². The Balaban J connectivity index is 1.13. The summed E-state index contributed by atoms with van der Waals surface area (Å²) >= 11 is 0. The number of nitrogens with zero attached hydrogens (tertiary/aromatic N) is 5. The highest BCUT2D eigenvalue weighted by atomic mass is 15.1. The lowest BCUT2D eigenvalue weighted by Gasteiger charge is -2.15. The van der Waals surface area contributed by atoms with Crippen molar-refractivity contribution in [3.8, 4) is 28.2 Å². The first-order valence-electron chi connectivity index (χ1n) is 17.3. The van der Waals surface area contributed by atoms with Gasteiger partial charge in [-0.05, 0) is 66.2 Å². The second kappa shape index (κ2) is 10.8. The van der Waals surface area contributed by atoms with E-state index in [9.17, 15) is 0 Å². The van der Waals surface area contributed by atoms with Gasteiger partial charge in [-0.2, -0.15) is 0 Å². The van der Waals surface area contributed by atoms with Gasteiger partial charge in [0.15, 0.2) is 0 Å². The molecular formula is C46H29N5. The van der Waals surface area contributed by atoms with Crippen molar-refractivity contribution < 1.29 is 0 Å². The third kappa shape index (κ3) is 4.03. The Bertz CT molecular complexity index is 3050. The van der Waals surface area contributed by atoms with Gasteiger partial charge < -0.3 is 4.57 Å². The molecule has 0 spiro atoms. The van der Waals surface area contributed by atoms with E-state index in [-0.39, 0.29) is 0 Å². The Morgan fingerprint density at radius 1 is 0.353 bits per heavy atom. The largest absolute Gasteiger partial charge is 0.309 e. The smallest absolute Gasteiger partial charge is 0.145 e. The predicted molar refractivity (Wildman–Crippen MR) is 210 cm³/mol. The van der Waals surface area contributed by atoms with Gasteiger partial charge in [-0.25, -0.2) is 9.97 Å². The first kappa shape index (κ1) is 27.9. The first-order valence-corrected chi connectivity index (χ1v) is 17.3. The van der Waals surface area contributed by atoms with Gasteiger partial charge in [0.05, 0.1) is 39.6 Å². The van der Waals surface area contributed by atoms with Gasteiger partial charge in [-0.15, -0.1) is 0 Å². The molecule has 0 saturated carbocycles. The second-order valence-corrected chi connectivity index (χ2v) is 13.1. The molecule has 0 amide bonds. The normalized spacial score (nSPS) is 11.9. The van der Waals surface area contributed by atoms with E-state index in [0.29, 0.717) is 0 Å². The van der Waals surface area contributed by atoms with Crippen LogP contribution >= 0.6 is 0 Å². The minimum atomic E-state index is 0.916. The van der Waals surface area contributed by atoms with Gasteiger partial charge in [-0.1, -0.05) is 103 Å². The molecule has 6 aromatic carbocycles. The lowest BCUT2D eigenvalue weighted by Crippen LogP contribution is -2.00. The SMILES string of the molecule is c1cc(-c2ccccc2-n2c3ccccc3c3cc(-n4c5ccccc5c5cccnc54)cnc32)cc(-n2c3ccccc3c3ccccc32)c1. The first-order chi connectivity index (χ1) is 25.3. The molecule has 51 heavy (non-hydrogen) atoms. The number of para-hydroxylation sites is 5. The molecule has 238 valence electrons. The summed E-state index contributed by atoms with van der Waals surface area (Å²) in [5.41, 5.74) is 12.0. The maximum atomic E-state index is 5.24. The van der Waals surface area contributed by atoms with Crippen LogP contribution in [0.2, 0.25) is 0 Å². The Kier molecular flexibility index (Phi) is 5.89. The van der Waals surface area contributed by atoms with Crippen LogP contribution in [0.25, 0.3) is 93.9 Å². The van der Waals surface area contributed by atoms with Crippen molar-refractivity contribution >= 4 is 65.7 Å². The zero-order chi connectivity index (χ0) is 33.5. The number of benzene rings is 6. The van der Waals surface area contributed by atoms with Crippen molar-refractivity contribution in [1.29, 1.82) is 0 Å². The molecule has 0 unspecified atom stereocenters. The average Bonchev–Trinajstić information content (AvgIpc) is 3.84. The summed E-state index contributed by atoms with van der Waals surface area (Å²) in [5.74, 6) is 0. The molecule has 0 saturated heterocycles. The van der Waals surface area contributed by atoms with Gasteiger partial charge in [0.1, 0.15) is 11.3 Å². The molecular weight excluding hydrogens is 623 g/mol. The summed E-state index contributed by atoms with van der Waals surface area (Å²) in [6.07, 6.45) is 3.85. The van der Waals surface area contributed by atoms with E-state index < -0.39 is 0 Å². The summed E-state index contributed by atoms with van der Waals surface area (Å²) in [6, 6.07) is 58.5. The lowest BCUT2D eigenvalue weighted by molar-refractivity contribution is 1.10. The molecule has 0 aliphatic heterocycles. The maximum absolute atomic E-state index is 5.24. The summed E-state index contributed by atoms with van der Waals surface area (Å²) in [6.45, 7) is 0. The fourth-order valence-corrected chi connectivity index (χ4v) is 8.18. The minimum absolute atomic E-state index is 0.916. The van der Waals surface area contributed by atoms with E-state index in [2.05, 4.69) is 171 Å². The topological polar surface area (TPSA) is 40.6 Å². The molecule has 11 rings (SSSR count). The molecule has 5 aromatic heterocycles. The second-order valence-electron chi connectivity index (χ2n) is 13.1. The number of aromatic nitrogens is 5. The monoisotopic (exact) mass is 651 g/mol. The van der Waals surface area contributed by atoms with E-state index in [1.54, 1.807) is 0 Å². The summed E-state index contributed by atoms with van der Waals surface area (Å²) in [7, 11) is 0. The van der Waals surface area contributed by atoms with Gasteiger partial charge in [-0.3, -0.25) is 9.13 Å². The van der Waals surface area contributed by atoms with Crippen molar-refractivity contribution in [1.82, 2.24) is 23.7 Å². The zero-order valence-electron chi connectivity index (χ0n) is 27.5. The van der Waals surface area contributed by atoms with Gasteiger partial charge in [0, 0.05) is 49.8 Å². The number of pyridine rings is 2. The van der Waals surface area contributed by atoms with E-state index in [1.165, 1.54) is 27.2 Å². The summed E-state index contributed by atoms with van der Waals surface area (Å²) in [5, 5.41) is 7.08. The number of fused-ring (bicyclic) bond motifs is 9. The molecule has 0 aliphatic carbocycles. The molecule has 5 nitrogen and oxygen atoms in total. The maximum Gasteiger partial charge on any atom is 0.145 e. The molecule has 0 aliphatic rings. The van der Waals surface area contributed by atoms with E-state index in [0.717, 1.165) is 66.7 Å². The minimum Gasteiger partial charge on any atom is -0.309 e.